The molecule has 3 N–H and O–H groups in total. The first kappa shape index (κ1) is 16.7. The molecule has 1 aliphatic carbocycles. The minimum atomic E-state index is -0.354. The fourth-order valence-corrected chi connectivity index (χ4v) is 2.10. The van der Waals surface area contributed by atoms with Gasteiger partial charge in [0.1, 0.15) is 11.6 Å². The number of allylic oxidation sites excluding steroid dienone is 2. The molecule has 3 rings (SSSR count). The highest BCUT2D eigenvalue weighted by Crippen LogP contribution is 2.20. The molecule has 0 fully saturated rings. The summed E-state index contributed by atoms with van der Waals surface area (Å²) in [6.45, 7) is 0. The molecule has 2 aromatic rings. The minimum absolute atomic E-state index is 0.111. The molecule has 0 aromatic heterocycles. The molecule has 0 amide bonds. The monoisotopic (exact) mass is 316 g/mol. The SMILES string of the molecule is Nc1ccccc1F.O=C1C=C(Nc2ccccc2F)CCC1. The quantitative estimate of drug-likeness (QED) is 0.813. The third kappa shape index (κ3) is 5.21. The number of nitrogens with one attached hydrogen (secondary N) is 1. The van der Waals surface area contributed by atoms with E-state index in [0.29, 0.717) is 12.1 Å². The van der Waals surface area contributed by atoms with Crippen molar-refractivity contribution in [1.82, 2.24) is 0 Å². The number of para-hydroxylation sites is 2. The van der Waals surface area contributed by atoms with Gasteiger partial charge in [-0.1, -0.05) is 24.3 Å². The first-order valence-electron chi connectivity index (χ1n) is 7.31. The number of anilines is 2. The van der Waals surface area contributed by atoms with Gasteiger partial charge in [-0.05, 0) is 37.1 Å². The van der Waals surface area contributed by atoms with Crippen LogP contribution in [0.3, 0.4) is 0 Å². The number of nitrogens with two attached hydrogens (primary N) is 1. The summed E-state index contributed by atoms with van der Waals surface area (Å²) < 4.78 is 25.5. The Balaban J connectivity index is 0.000000203. The van der Waals surface area contributed by atoms with Gasteiger partial charge in [-0.2, -0.15) is 0 Å². The van der Waals surface area contributed by atoms with E-state index in [1.54, 1.807) is 36.4 Å². The maximum atomic E-state index is 13.3. The Bertz CT molecular complexity index is 693. The van der Waals surface area contributed by atoms with E-state index >= 15 is 0 Å². The smallest absolute Gasteiger partial charge is 0.157 e. The van der Waals surface area contributed by atoms with Crippen molar-refractivity contribution in [2.45, 2.75) is 19.3 Å². The fourth-order valence-electron chi connectivity index (χ4n) is 2.10. The second-order valence-electron chi connectivity index (χ2n) is 5.12. The van der Waals surface area contributed by atoms with Gasteiger partial charge in [0, 0.05) is 18.2 Å². The van der Waals surface area contributed by atoms with E-state index in [1.807, 2.05) is 0 Å². The van der Waals surface area contributed by atoms with E-state index in [4.69, 9.17) is 5.73 Å². The molecule has 23 heavy (non-hydrogen) atoms. The van der Waals surface area contributed by atoms with Crippen LogP contribution in [0.25, 0.3) is 0 Å². The maximum absolute atomic E-state index is 13.3. The van der Waals surface area contributed by atoms with Crippen molar-refractivity contribution in [3.63, 3.8) is 0 Å². The molecule has 1 aliphatic rings. The molecule has 0 aliphatic heterocycles. The zero-order valence-electron chi connectivity index (χ0n) is 12.6. The van der Waals surface area contributed by atoms with Crippen LogP contribution in [0.15, 0.2) is 60.3 Å². The number of hydrogen-bond donors (Lipinski definition) is 2. The van der Waals surface area contributed by atoms with Crippen LogP contribution in [0.4, 0.5) is 20.2 Å². The number of hydrogen-bond acceptors (Lipinski definition) is 3. The van der Waals surface area contributed by atoms with Gasteiger partial charge in [-0.15, -0.1) is 0 Å². The molecule has 0 saturated carbocycles. The van der Waals surface area contributed by atoms with E-state index < -0.39 is 0 Å². The standard InChI is InChI=1S/C12H12FNO.C6H6FN/c13-11-6-1-2-7-12(11)14-9-4-3-5-10(15)8-9;7-5-3-1-2-4-6(5)8/h1-2,6-8,14H,3-5H2;1-4H,8H2. The molecule has 2 aromatic carbocycles. The van der Waals surface area contributed by atoms with Crippen LogP contribution in [-0.2, 0) is 4.79 Å². The Kier molecular flexibility index (Phi) is 5.86. The molecule has 0 unspecified atom stereocenters. The molecule has 3 nitrogen and oxygen atoms in total. The van der Waals surface area contributed by atoms with Crippen LogP contribution in [0.2, 0.25) is 0 Å². The minimum Gasteiger partial charge on any atom is -0.396 e. The zero-order valence-corrected chi connectivity index (χ0v) is 12.6. The lowest BCUT2D eigenvalue weighted by molar-refractivity contribution is -0.115. The number of rotatable bonds is 2. The van der Waals surface area contributed by atoms with Crippen molar-refractivity contribution in [2.24, 2.45) is 0 Å². The predicted octanol–water partition coefficient (Wildman–Crippen LogP) is 4.28. The highest BCUT2D eigenvalue weighted by atomic mass is 19.1. The lowest BCUT2D eigenvalue weighted by Crippen LogP contribution is -2.09. The number of benzene rings is 2. The van der Waals surface area contributed by atoms with E-state index in [0.717, 1.165) is 18.5 Å². The highest BCUT2D eigenvalue weighted by Gasteiger charge is 2.10. The molecule has 5 heteroatoms. The third-order valence-electron chi connectivity index (χ3n) is 3.28. The van der Waals surface area contributed by atoms with Gasteiger partial charge >= 0.3 is 0 Å². The zero-order chi connectivity index (χ0) is 16.7. The number of halogens is 2. The number of carbonyl (C=O) groups excluding carboxylic acids is 1. The summed E-state index contributed by atoms with van der Waals surface area (Å²) in [5.74, 6) is -0.538. The van der Waals surface area contributed by atoms with Crippen LogP contribution in [0.5, 0.6) is 0 Å². The molecular formula is C18H18F2N2O. The molecule has 120 valence electrons. The van der Waals surface area contributed by atoms with Crippen molar-refractivity contribution < 1.29 is 13.6 Å². The van der Waals surface area contributed by atoms with Crippen LogP contribution >= 0.6 is 0 Å². The van der Waals surface area contributed by atoms with Gasteiger partial charge < -0.3 is 11.1 Å². The topological polar surface area (TPSA) is 55.1 Å². The Morgan fingerprint density at radius 3 is 2.13 bits per heavy atom. The van der Waals surface area contributed by atoms with Gasteiger partial charge in [-0.3, -0.25) is 4.79 Å². The second kappa shape index (κ2) is 8.08. The van der Waals surface area contributed by atoms with Crippen molar-refractivity contribution >= 4 is 17.2 Å². The Hall–Kier alpha value is -2.69. The molecule has 0 radical (unpaired) electrons. The fraction of sp³-hybridized carbons (Fsp3) is 0.167. The van der Waals surface area contributed by atoms with Gasteiger partial charge in [0.15, 0.2) is 5.78 Å². The van der Waals surface area contributed by atoms with Crippen molar-refractivity contribution in [3.05, 3.63) is 71.9 Å². The van der Waals surface area contributed by atoms with Gasteiger partial charge in [0.25, 0.3) is 0 Å². The van der Waals surface area contributed by atoms with Crippen molar-refractivity contribution in [3.8, 4) is 0 Å². The Morgan fingerprint density at radius 2 is 1.57 bits per heavy atom. The molecule has 0 saturated heterocycles. The average Bonchev–Trinajstić information content (AvgIpc) is 2.53. The summed E-state index contributed by atoms with van der Waals surface area (Å²) in [5, 5.41) is 2.94. The van der Waals surface area contributed by atoms with E-state index in [-0.39, 0.29) is 23.1 Å². The molecule has 0 spiro atoms. The Labute approximate surface area is 133 Å². The first-order valence-corrected chi connectivity index (χ1v) is 7.31. The van der Waals surface area contributed by atoms with E-state index in [2.05, 4.69) is 5.32 Å². The van der Waals surface area contributed by atoms with Crippen LogP contribution in [-0.4, -0.2) is 5.78 Å². The average molecular weight is 316 g/mol. The summed E-state index contributed by atoms with van der Waals surface area (Å²) in [6, 6.07) is 12.6. The normalized spacial score (nSPS) is 13.7. The number of carbonyl (C=O) groups is 1. The van der Waals surface area contributed by atoms with Crippen molar-refractivity contribution in [2.75, 3.05) is 11.1 Å². The summed E-state index contributed by atoms with van der Waals surface area (Å²) >= 11 is 0. The van der Waals surface area contributed by atoms with Crippen LogP contribution in [0, 0.1) is 11.6 Å². The van der Waals surface area contributed by atoms with E-state index in [1.165, 1.54) is 18.2 Å². The van der Waals surface area contributed by atoms with Crippen molar-refractivity contribution in [1.29, 1.82) is 0 Å². The van der Waals surface area contributed by atoms with E-state index in [9.17, 15) is 13.6 Å². The summed E-state index contributed by atoms with van der Waals surface area (Å²) in [5.41, 5.74) is 6.58. The number of ketones is 1. The van der Waals surface area contributed by atoms with Crippen LogP contribution in [0.1, 0.15) is 19.3 Å². The first-order chi connectivity index (χ1) is 11.1. The largest absolute Gasteiger partial charge is 0.396 e. The van der Waals surface area contributed by atoms with Gasteiger partial charge in [0.05, 0.1) is 11.4 Å². The van der Waals surface area contributed by atoms with Crippen LogP contribution < -0.4 is 11.1 Å². The third-order valence-corrected chi connectivity index (χ3v) is 3.28. The lowest BCUT2D eigenvalue weighted by Gasteiger charge is -2.14. The molecule has 0 heterocycles. The number of nitrogen functional groups attached to an aromatic ring is 1. The van der Waals surface area contributed by atoms with Gasteiger partial charge in [-0.25, -0.2) is 8.78 Å². The maximum Gasteiger partial charge on any atom is 0.157 e. The Morgan fingerprint density at radius 1 is 0.913 bits per heavy atom. The molecule has 0 bridgehead atoms. The lowest BCUT2D eigenvalue weighted by atomic mass is 10.0. The molecule has 0 atom stereocenters. The summed E-state index contributed by atoms with van der Waals surface area (Å²) in [4.78, 5) is 11.1. The summed E-state index contributed by atoms with van der Waals surface area (Å²) in [6.07, 6.45) is 3.81. The summed E-state index contributed by atoms with van der Waals surface area (Å²) in [7, 11) is 0. The van der Waals surface area contributed by atoms with Gasteiger partial charge in [0.2, 0.25) is 0 Å². The second-order valence-corrected chi connectivity index (χ2v) is 5.12. The molecular weight excluding hydrogens is 298 g/mol. The predicted molar refractivity (Wildman–Crippen MR) is 87.8 cm³/mol. The highest BCUT2D eigenvalue weighted by molar-refractivity contribution is 5.91.